The molecule has 35 heavy (non-hydrogen) atoms. The van der Waals surface area contributed by atoms with Crippen LogP contribution in [0.15, 0.2) is 22.1 Å². The van der Waals surface area contributed by atoms with Gasteiger partial charge in [0.2, 0.25) is 0 Å². The zero-order valence-electron chi connectivity index (χ0n) is 22.9. The predicted molar refractivity (Wildman–Crippen MR) is 152 cm³/mol. The summed E-state index contributed by atoms with van der Waals surface area (Å²) in [6, 6.07) is 4.52. The maximum atomic E-state index is 5.22. The molecule has 0 aromatic heterocycles. The Labute approximate surface area is 227 Å². The molecular formula is C29H41Cl2FeN2O+. The van der Waals surface area contributed by atoms with Crippen LogP contribution in [0.1, 0.15) is 77.6 Å². The summed E-state index contributed by atoms with van der Waals surface area (Å²) >= 11 is 0.194. The molecule has 194 valence electrons. The van der Waals surface area contributed by atoms with Gasteiger partial charge in [-0.3, -0.25) is 0 Å². The summed E-state index contributed by atoms with van der Waals surface area (Å²) in [6.45, 7) is 21.7. The molecule has 0 bridgehead atoms. The first-order valence-corrected chi connectivity index (χ1v) is 15.3. The Morgan fingerprint density at radius 3 is 1.26 bits per heavy atom. The molecule has 1 aliphatic heterocycles. The van der Waals surface area contributed by atoms with Crippen LogP contribution in [0.25, 0.3) is 0 Å². The van der Waals surface area contributed by atoms with E-state index in [1.54, 1.807) is 0 Å². The van der Waals surface area contributed by atoms with E-state index < -0.39 is 0 Å². The standard InChI is InChI=1S/C29H40N2O.2ClH.Fe/c1-16-14-17(2)21(6)28(20(16)5)30-24(9)26-12-11-13-27(32-26)25(10)31-29-22(7)18(3)15-19(4)23(29)8;;;/h14-15,26-27H,11-13H2,1-10H3;2*1H;/q;;;+2/p-1. The molecule has 3 nitrogen and oxygen atoms in total. The van der Waals surface area contributed by atoms with E-state index in [2.05, 4.69) is 81.4 Å². The molecular weight excluding hydrogens is 519 g/mol. The number of aliphatic imine (C=N–C) groups is 2. The first-order valence-electron chi connectivity index (χ1n) is 12.2. The van der Waals surface area contributed by atoms with Crippen molar-refractivity contribution >= 4 is 43.0 Å². The normalized spacial score (nSPS) is 19.0. The summed E-state index contributed by atoms with van der Waals surface area (Å²) in [5, 5.41) is 0. The quantitative estimate of drug-likeness (QED) is 0.204. The second kappa shape index (κ2) is 13.4. The van der Waals surface area contributed by atoms with Crippen LogP contribution in [0, 0.1) is 55.4 Å². The van der Waals surface area contributed by atoms with Gasteiger partial charge in [0.05, 0.1) is 22.8 Å². The molecule has 2 atom stereocenters. The van der Waals surface area contributed by atoms with Gasteiger partial charge in [0.15, 0.2) is 12.2 Å². The van der Waals surface area contributed by atoms with Crippen LogP contribution >= 0.6 is 20.2 Å². The number of hydrogen-bond acceptors (Lipinski definition) is 2. The summed E-state index contributed by atoms with van der Waals surface area (Å²) in [7, 11) is 9.53. The fourth-order valence-electron chi connectivity index (χ4n) is 4.73. The summed E-state index contributed by atoms with van der Waals surface area (Å²) in [5.74, 6) is 0. The molecule has 2 aromatic carbocycles. The third kappa shape index (κ3) is 7.43. The van der Waals surface area contributed by atoms with Crippen molar-refractivity contribution in [1.29, 1.82) is 0 Å². The number of aliphatic hydroxyl groups is 2. The number of hydrogen-bond donors (Lipinski definition) is 0. The first-order chi connectivity index (χ1) is 16.4. The van der Waals surface area contributed by atoms with E-state index >= 15 is 0 Å². The molecule has 1 aliphatic rings. The zero-order valence-corrected chi connectivity index (χ0v) is 25.5. The van der Waals surface area contributed by atoms with Crippen molar-refractivity contribution in [1.82, 2.24) is 0 Å². The van der Waals surface area contributed by atoms with Crippen LogP contribution in [-0.2, 0) is 13.1 Å². The van der Waals surface area contributed by atoms with Gasteiger partial charge in [-0.05, 0) is 120 Å². The Morgan fingerprint density at radius 2 is 0.971 bits per heavy atom. The molecule has 6 heteroatoms. The van der Waals surface area contributed by atoms with Crippen LogP contribution in [-0.4, -0.2) is 28.4 Å². The van der Waals surface area contributed by atoms with Crippen molar-refractivity contribution in [3.8, 4) is 0 Å². The average Bonchev–Trinajstić information content (AvgIpc) is 2.82. The molecule has 2 aromatic rings. The molecule has 0 aliphatic carbocycles. The number of benzene rings is 2. The Morgan fingerprint density at radius 1 is 0.686 bits per heavy atom. The molecule has 1 heterocycles. The molecule has 3 rings (SSSR count). The van der Waals surface area contributed by atoms with Crippen LogP contribution < -0.4 is 0 Å². The van der Waals surface area contributed by atoms with Gasteiger partial charge in [-0.2, -0.15) is 0 Å². The summed E-state index contributed by atoms with van der Waals surface area (Å²) in [4.78, 5) is 10.2. The third-order valence-electron chi connectivity index (χ3n) is 7.51. The van der Waals surface area contributed by atoms with Gasteiger partial charge in [-0.1, -0.05) is 12.1 Å². The van der Waals surface area contributed by atoms with Crippen LogP contribution in [0.5, 0.6) is 0 Å². The minimum atomic E-state index is 0.167. The minimum absolute atomic E-state index is 0.167. The number of rotatable bonds is 4. The van der Waals surface area contributed by atoms with E-state index in [1.165, 1.54) is 44.5 Å². The van der Waals surface area contributed by atoms with Crippen molar-refractivity contribution in [2.24, 2.45) is 9.98 Å². The Hall–Kier alpha value is -1.16. The van der Waals surface area contributed by atoms with Gasteiger partial charge in [-0.25, -0.2) is 9.98 Å². The van der Waals surface area contributed by atoms with E-state index in [1.807, 2.05) is 0 Å². The van der Waals surface area contributed by atoms with Gasteiger partial charge in [-0.15, -0.1) is 0 Å². The van der Waals surface area contributed by atoms with E-state index in [4.69, 9.17) is 34.9 Å². The number of halogens is 2. The van der Waals surface area contributed by atoms with Crippen molar-refractivity contribution < 1.29 is 17.9 Å². The summed E-state index contributed by atoms with van der Waals surface area (Å²) < 4.78 is 5.22. The average molecular weight is 560 g/mol. The van der Waals surface area contributed by atoms with Gasteiger partial charge >= 0.3 is 33.3 Å². The van der Waals surface area contributed by atoms with Gasteiger partial charge in [0.25, 0.3) is 0 Å². The summed E-state index contributed by atoms with van der Waals surface area (Å²) in [6.07, 6.45) is 3.64. The van der Waals surface area contributed by atoms with E-state index in [0.717, 1.165) is 42.1 Å². The number of nitrogens with zero attached hydrogens (tertiary/aromatic N) is 2. The number of ether oxygens (including phenoxy) is 1. The third-order valence-corrected chi connectivity index (χ3v) is 7.51. The van der Waals surface area contributed by atoms with Crippen molar-refractivity contribution in [3.05, 3.63) is 56.6 Å². The number of aryl methyl sites for hydroxylation is 4. The molecule has 0 radical (unpaired) electrons. The van der Waals surface area contributed by atoms with Gasteiger partial charge < -0.3 is 4.74 Å². The van der Waals surface area contributed by atoms with Gasteiger partial charge in [0.1, 0.15) is 0 Å². The van der Waals surface area contributed by atoms with Gasteiger partial charge in [0, 0.05) is 12.8 Å². The Kier molecular flexibility index (Phi) is 11.5. The van der Waals surface area contributed by atoms with E-state index in [0.29, 0.717) is 0 Å². The molecule has 1 saturated heterocycles. The van der Waals surface area contributed by atoms with Crippen molar-refractivity contribution in [2.75, 3.05) is 0 Å². The molecule has 1 fully saturated rings. The SMILES string of the molecule is CC(=Nc1c(C)c(C)cc(C)c1C)C1CCCC(C(C)=Nc2c(C)c(C)cc(C)c2C)[OH+]1.[Cl][Fe][Cl]. The monoisotopic (exact) mass is 559 g/mol. The second-order valence-corrected chi connectivity index (χ2v) is 11.7. The van der Waals surface area contributed by atoms with Crippen LogP contribution in [0.4, 0.5) is 11.4 Å². The van der Waals surface area contributed by atoms with E-state index in [-0.39, 0.29) is 25.3 Å². The zero-order chi connectivity index (χ0) is 26.4. The van der Waals surface area contributed by atoms with Crippen LogP contribution in [0.2, 0.25) is 0 Å². The van der Waals surface area contributed by atoms with Crippen molar-refractivity contribution in [3.63, 3.8) is 0 Å². The van der Waals surface area contributed by atoms with Crippen LogP contribution in [0.3, 0.4) is 0 Å². The van der Waals surface area contributed by atoms with Crippen molar-refractivity contribution in [2.45, 2.75) is 101 Å². The fourth-order valence-corrected chi connectivity index (χ4v) is 4.73. The molecule has 0 saturated carbocycles. The predicted octanol–water partition coefficient (Wildman–Crippen LogP) is 8.86. The van der Waals surface area contributed by atoms with E-state index in [9.17, 15) is 0 Å². The molecule has 1 N–H and O–H groups in total. The Bertz CT molecular complexity index is 987. The topological polar surface area (TPSA) is 37.5 Å². The first kappa shape index (κ1) is 30.1. The molecule has 0 spiro atoms. The maximum absolute atomic E-state index is 5.22. The molecule has 2 unspecified atom stereocenters. The Balaban J connectivity index is 0.00000137. The summed E-state index contributed by atoms with van der Waals surface area (Å²) in [5.41, 5.74) is 14.8. The fraction of sp³-hybridized carbons (Fsp3) is 0.517. The second-order valence-electron chi connectivity index (χ2n) is 9.89. The molecule has 0 amide bonds.